The van der Waals surface area contributed by atoms with E-state index in [1.807, 2.05) is 18.7 Å². The molecular weight excluding hydrogens is 300 g/mol. The van der Waals surface area contributed by atoms with Gasteiger partial charge in [0, 0.05) is 44.7 Å². The van der Waals surface area contributed by atoms with Gasteiger partial charge in [-0.15, -0.1) is 11.3 Å². The molecule has 1 aromatic heterocycles. The molecule has 0 aromatic carbocycles. The highest BCUT2D eigenvalue weighted by Gasteiger charge is 2.23. The molecular formula is C15H26N4O2S. The molecule has 124 valence electrons. The lowest BCUT2D eigenvalue weighted by atomic mass is 10.2. The summed E-state index contributed by atoms with van der Waals surface area (Å²) >= 11 is 1.65. The van der Waals surface area contributed by atoms with Crippen LogP contribution in [0.25, 0.3) is 0 Å². The smallest absolute Gasteiger partial charge is 0.239 e. The molecule has 7 heteroatoms. The third-order valence-electron chi connectivity index (χ3n) is 3.79. The van der Waals surface area contributed by atoms with E-state index < -0.39 is 6.04 Å². The second kappa shape index (κ2) is 8.01. The fraction of sp³-hybridized carbons (Fsp3) is 0.733. The summed E-state index contributed by atoms with van der Waals surface area (Å²) in [6, 6.07) is -0.410. The third kappa shape index (κ3) is 4.49. The van der Waals surface area contributed by atoms with Gasteiger partial charge in [-0.05, 0) is 20.8 Å². The van der Waals surface area contributed by atoms with E-state index in [1.165, 1.54) is 0 Å². The molecule has 0 saturated carbocycles. The average molecular weight is 326 g/mol. The number of hydrogen-bond acceptors (Lipinski definition) is 6. The van der Waals surface area contributed by atoms with Crippen molar-refractivity contribution >= 4 is 17.2 Å². The summed E-state index contributed by atoms with van der Waals surface area (Å²) in [6.07, 6.45) is 0.0595. The Balaban J connectivity index is 1.82. The minimum atomic E-state index is -0.410. The van der Waals surface area contributed by atoms with E-state index in [-0.39, 0.29) is 12.0 Å². The summed E-state index contributed by atoms with van der Waals surface area (Å²) in [7, 11) is 0. The zero-order valence-electron chi connectivity index (χ0n) is 13.6. The lowest BCUT2D eigenvalue weighted by Crippen LogP contribution is -2.52. The first-order valence-electron chi connectivity index (χ1n) is 7.84. The molecule has 0 spiro atoms. The van der Waals surface area contributed by atoms with E-state index in [1.54, 1.807) is 18.3 Å². The highest BCUT2D eigenvalue weighted by Crippen LogP contribution is 2.22. The van der Waals surface area contributed by atoms with Crippen LogP contribution in [0.3, 0.4) is 0 Å². The quantitative estimate of drug-likeness (QED) is 0.851. The minimum absolute atomic E-state index is 0.0427. The maximum Gasteiger partial charge on any atom is 0.239 e. The summed E-state index contributed by atoms with van der Waals surface area (Å²) in [5.74, 6) is 0.0427. The number of rotatable bonds is 6. The summed E-state index contributed by atoms with van der Waals surface area (Å²) in [5.41, 5.74) is 6.74. The first-order valence-corrected chi connectivity index (χ1v) is 8.71. The first-order chi connectivity index (χ1) is 10.5. The number of amides is 1. The molecule has 1 unspecified atom stereocenters. The fourth-order valence-corrected chi connectivity index (χ4v) is 3.36. The number of nitrogens with zero attached hydrogens (tertiary/aromatic N) is 3. The van der Waals surface area contributed by atoms with Gasteiger partial charge in [-0.25, -0.2) is 4.98 Å². The SMILES string of the molecule is CCOC(C)c1nc(CN2CCN(C(=O)[C@@H](C)N)CC2)cs1. The molecule has 1 amide bonds. The predicted molar refractivity (Wildman–Crippen MR) is 87.7 cm³/mol. The third-order valence-corrected chi connectivity index (χ3v) is 4.85. The van der Waals surface area contributed by atoms with Crippen LogP contribution in [-0.2, 0) is 16.1 Å². The zero-order valence-corrected chi connectivity index (χ0v) is 14.4. The van der Waals surface area contributed by atoms with E-state index in [0.29, 0.717) is 6.61 Å². The van der Waals surface area contributed by atoms with Crippen molar-refractivity contribution in [2.75, 3.05) is 32.8 Å². The van der Waals surface area contributed by atoms with Crippen LogP contribution in [0.15, 0.2) is 5.38 Å². The highest BCUT2D eigenvalue weighted by atomic mass is 32.1. The number of hydrogen-bond donors (Lipinski definition) is 1. The maximum atomic E-state index is 11.9. The number of thiazole rings is 1. The average Bonchev–Trinajstić information content (AvgIpc) is 2.96. The van der Waals surface area contributed by atoms with E-state index >= 15 is 0 Å². The second-order valence-corrected chi connectivity index (χ2v) is 6.55. The molecule has 0 radical (unpaired) electrons. The number of carbonyl (C=O) groups is 1. The summed E-state index contributed by atoms with van der Waals surface area (Å²) in [4.78, 5) is 20.7. The molecule has 0 bridgehead atoms. The van der Waals surface area contributed by atoms with Crippen molar-refractivity contribution in [1.82, 2.24) is 14.8 Å². The topological polar surface area (TPSA) is 71.7 Å². The van der Waals surface area contributed by atoms with Crippen molar-refractivity contribution < 1.29 is 9.53 Å². The van der Waals surface area contributed by atoms with Crippen molar-refractivity contribution in [3.8, 4) is 0 Å². The normalized spacial score (nSPS) is 19.2. The van der Waals surface area contributed by atoms with Gasteiger partial charge >= 0.3 is 0 Å². The van der Waals surface area contributed by atoms with Gasteiger partial charge < -0.3 is 15.4 Å². The van der Waals surface area contributed by atoms with Gasteiger partial charge in [0.1, 0.15) is 11.1 Å². The van der Waals surface area contributed by atoms with E-state index in [0.717, 1.165) is 43.4 Å². The van der Waals surface area contributed by atoms with Crippen LogP contribution in [0.4, 0.5) is 0 Å². The molecule has 1 saturated heterocycles. The Hall–Kier alpha value is -1.02. The summed E-state index contributed by atoms with van der Waals surface area (Å²) < 4.78 is 5.57. The van der Waals surface area contributed by atoms with Crippen LogP contribution in [0.1, 0.15) is 37.6 Å². The number of piperazine rings is 1. The Morgan fingerprint density at radius 2 is 2.09 bits per heavy atom. The van der Waals surface area contributed by atoms with Crippen LogP contribution in [-0.4, -0.2) is 59.5 Å². The van der Waals surface area contributed by atoms with Crippen molar-refractivity contribution in [1.29, 1.82) is 0 Å². The number of ether oxygens (including phenoxy) is 1. The van der Waals surface area contributed by atoms with E-state index in [2.05, 4.69) is 15.3 Å². The molecule has 1 fully saturated rings. The number of aromatic nitrogens is 1. The van der Waals surface area contributed by atoms with E-state index in [9.17, 15) is 4.79 Å². The van der Waals surface area contributed by atoms with Gasteiger partial charge in [0.25, 0.3) is 0 Å². The van der Waals surface area contributed by atoms with Gasteiger partial charge in [-0.2, -0.15) is 0 Å². The molecule has 2 rings (SSSR count). The Morgan fingerprint density at radius 3 is 2.68 bits per heavy atom. The molecule has 1 aliphatic heterocycles. The van der Waals surface area contributed by atoms with Crippen molar-refractivity contribution in [2.45, 2.75) is 39.5 Å². The molecule has 6 nitrogen and oxygen atoms in total. The Morgan fingerprint density at radius 1 is 1.41 bits per heavy atom. The van der Waals surface area contributed by atoms with Crippen molar-refractivity contribution in [2.24, 2.45) is 5.73 Å². The molecule has 2 atom stereocenters. The highest BCUT2D eigenvalue weighted by molar-refractivity contribution is 7.09. The van der Waals surface area contributed by atoms with Crippen LogP contribution >= 0.6 is 11.3 Å². The number of nitrogens with two attached hydrogens (primary N) is 1. The van der Waals surface area contributed by atoms with Crippen LogP contribution in [0.2, 0.25) is 0 Å². The largest absolute Gasteiger partial charge is 0.372 e. The van der Waals surface area contributed by atoms with E-state index in [4.69, 9.17) is 10.5 Å². The maximum absolute atomic E-state index is 11.9. The number of carbonyl (C=O) groups excluding carboxylic acids is 1. The molecule has 2 N–H and O–H groups in total. The Labute approximate surface area is 136 Å². The van der Waals surface area contributed by atoms with Gasteiger partial charge in [0.2, 0.25) is 5.91 Å². The molecule has 0 aliphatic carbocycles. The monoisotopic (exact) mass is 326 g/mol. The first kappa shape index (κ1) is 17.3. The predicted octanol–water partition coefficient (Wildman–Crippen LogP) is 1.23. The molecule has 22 heavy (non-hydrogen) atoms. The standard InChI is InChI=1S/C15H26N4O2S/c1-4-21-12(3)14-17-13(10-22-14)9-18-5-7-19(8-6-18)15(20)11(2)16/h10-12H,4-9,16H2,1-3H3/t11-,12?/m1/s1. The van der Waals surface area contributed by atoms with Crippen LogP contribution in [0, 0.1) is 0 Å². The van der Waals surface area contributed by atoms with Crippen molar-refractivity contribution in [3.63, 3.8) is 0 Å². The lowest BCUT2D eigenvalue weighted by molar-refractivity contribution is -0.134. The van der Waals surface area contributed by atoms with Crippen molar-refractivity contribution in [3.05, 3.63) is 16.1 Å². The van der Waals surface area contributed by atoms with Crippen LogP contribution in [0.5, 0.6) is 0 Å². The summed E-state index contributed by atoms with van der Waals surface area (Å²) in [6.45, 7) is 10.5. The minimum Gasteiger partial charge on any atom is -0.372 e. The summed E-state index contributed by atoms with van der Waals surface area (Å²) in [5, 5.41) is 3.13. The van der Waals surface area contributed by atoms with Gasteiger partial charge in [-0.3, -0.25) is 9.69 Å². The van der Waals surface area contributed by atoms with Crippen LogP contribution < -0.4 is 5.73 Å². The van der Waals surface area contributed by atoms with Gasteiger partial charge in [-0.1, -0.05) is 0 Å². The fourth-order valence-electron chi connectivity index (χ4n) is 2.55. The van der Waals surface area contributed by atoms with Gasteiger partial charge in [0.05, 0.1) is 11.7 Å². The zero-order chi connectivity index (χ0) is 16.1. The Kier molecular flexibility index (Phi) is 6.31. The Bertz CT molecular complexity index is 484. The molecule has 1 aromatic rings. The molecule has 2 heterocycles. The second-order valence-electron chi connectivity index (χ2n) is 5.66. The van der Waals surface area contributed by atoms with Gasteiger partial charge in [0.15, 0.2) is 0 Å². The lowest BCUT2D eigenvalue weighted by Gasteiger charge is -2.35. The molecule has 1 aliphatic rings.